The lowest BCUT2D eigenvalue weighted by atomic mass is 9.78. The Hall–Kier alpha value is -3.35. The van der Waals surface area contributed by atoms with Crippen molar-refractivity contribution in [2.24, 2.45) is 5.92 Å². The fourth-order valence-corrected chi connectivity index (χ4v) is 5.69. The molecule has 2 fully saturated rings. The molecule has 6 rings (SSSR count). The highest BCUT2D eigenvalue weighted by molar-refractivity contribution is 5.47. The molecule has 1 N–H and O–H groups in total. The zero-order chi connectivity index (χ0) is 24.4. The normalized spacial score (nSPS) is 23.5. The van der Waals surface area contributed by atoms with Crippen LogP contribution in [0.5, 0.6) is 0 Å². The second kappa shape index (κ2) is 9.60. The third-order valence-corrected chi connectivity index (χ3v) is 7.48. The number of ether oxygens (including phenoxy) is 2. The maximum Gasteiger partial charge on any atom is 0.143 e. The number of hydrogen-bond donors (Lipinski definition) is 1. The van der Waals surface area contributed by atoms with Gasteiger partial charge in [-0.25, -0.2) is 4.39 Å². The molecule has 2 heterocycles. The van der Waals surface area contributed by atoms with E-state index in [0.29, 0.717) is 25.4 Å². The predicted octanol–water partition coefficient (Wildman–Crippen LogP) is 5.58. The molecule has 0 saturated carbocycles. The summed E-state index contributed by atoms with van der Waals surface area (Å²) in [7, 11) is 0. The fourth-order valence-electron chi connectivity index (χ4n) is 5.69. The van der Waals surface area contributed by atoms with Crippen LogP contribution in [0, 0.1) is 11.7 Å². The van der Waals surface area contributed by atoms with Crippen molar-refractivity contribution in [1.29, 1.82) is 0 Å². The molecule has 0 aliphatic carbocycles. The summed E-state index contributed by atoms with van der Waals surface area (Å²) in [5, 5.41) is 0. The molecule has 0 spiro atoms. The van der Waals surface area contributed by atoms with E-state index in [2.05, 4.69) is 41.9 Å². The van der Waals surface area contributed by atoms with Crippen LogP contribution < -0.4 is 5.48 Å². The molecule has 5 heteroatoms. The van der Waals surface area contributed by atoms with Gasteiger partial charge in [0.2, 0.25) is 0 Å². The van der Waals surface area contributed by atoms with Crippen LogP contribution in [-0.4, -0.2) is 25.9 Å². The highest BCUT2D eigenvalue weighted by atomic mass is 19.1. The number of nitrogens with one attached hydrogen (secondary N) is 1. The van der Waals surface area contributed by atoms with Gasteiger partial charge >= 0.3 is 0 Å². The minimum Gasteiger partial charge on any atom is -0.373 e. The molecule has 4 aromatic carbocycles. The van der Waals surface area contributed by atoms with E-state index < -0.39 is 11.1 Å². The van der Waals surface area contributed by atoms with Crippen LogP contribution in [-0.2, 0) is 25.5 Å². The van der Waals surface area contributed by atoms with Crippen molar-refractivity contribution < 1.29 is 18.7 Å². The number of halogens is 1. The first-order valence-corrected chi connectivity index (χ1v) is 12.3. The van der Waals surface area contributed by atoms with Gasteiger partial charge in [0.05, 0.1) is 25.9 Å². The Balaban J connectivity index is 1.39. The van der Waals surface area contributed by atoms with E-state index in [1.807, 2.05) is 60.7 Å². The summed E-state index contributed by atoms with van der Waals surface area (Å²) in [5.41, 5.74) is 5.16. The molecule has 4 nitrogen and oxygen atoms in total. The standard InChI is InChI=1S/C31H28FNO3/c32-28-19-11-10-18-26(28)30-22-34-29(27(30)20-36-33-30)21-35-31(23-12-4-1-5-13-23,24-14-6-2-7-15-24)25-16-8-3-9-17-25/h1-19,27,29,33H,20-22H2. The van der Waals surface area contributed by atoms with E-state index in [1.54, 1.807) is 12.1 Å². The maximum absolute atomic E-state index is 14.9. The molecule has 3 unspecified atom stereocenters. The van der Waals surface area contributed by atoms with Crippen LogP contribution in [0.3, 0.4) is 0 Å². The lowest BCUT2D eigenvalue weighted by molar-refractivity contribution is -0.0670. The van der Waals surface area contributed by atoms with Gasteiger partial charge in [0, 0.05) is 11.5 Å². The average Bonchev–Trinajstić information content (AvgIpc) is 3.52. The molecule has 2 aliphatic heterocycles. The van der Waals surface area contributed by atoms with Gasteiger partial charge in [-0.15, -0.1) is 0 Å². The summed E-state index contributed by atoms with van der Waals surface area (Å²) in [4.78, 5) is 5.69. The summed E-state index contributed by atoms with van der Waals surface area (Å²) in [6.07, 6.45) is -0.282. The summed E-state index contributed by atoms with van der Waals surface area (Å²) in [5.74, 6) is -0.368. The van der Waals surface area contributed by atoms with Crippen LogP contribution >= 0.6 is 0 Å². The molecule has 4 aromatic rings. The van der Waals surface area contributed by atoms with Gasteiger partial charge in [0.1, 0.15) is 17.0 Å². The number of fused-ring (bicyclic) bond motifs is 1. The van der Waals surface area contributed by atoms with Crippen LogP contribution in [0.4, 0.5) is 4.39 Å². The fraction of sp³-hybridized carbons (Fsp3) is 0.226. The van der Waals surface area contributed by atoms with Gasteiger partial charge in [-0.1, -0.05) is 109 Å². The minimum absolute atomic E-state index is 0.102. The molecule has 36 heavy (non-hydrogen) atoms. The predicted molar refractivity (Wildman–Crippen MR) is 136 cm³/mol. The SMILES string of the molecule is Fc1ccccc1C12COC(COC(c3ccccc3)(c3ccccc3)c3ccccc3)C1CON2. The van der Waals surface area contributed by atoms with Crippen molar-refractivity contribution in [1.82, 2.24) is 5.48 Å². The van der Waals surface area contributed by atoms with E-state index in [0.717, 1.165) is 16.7 Å². The summed E-state index contributed by atoms with van der Waals surface area (Å²) in [6, 6.07) is 37.6. The van der Waals surface area contributed by atoms with Crippen molar-refractivity contribution >= 4 is 0 Å². The Morgan fingerprint density at radius 1 is 0.778 bits per heavy atom. The van der Waals surface area contributed by atoms with Crippen molar-refractivity contribution in [3.63, 3.8) is 0 Å². The number of hydrogen-bond acceptors (Lipinski definition) is 4. The third kappa shape index (κ3) is 3.76. The monoisotopic (exact) mass is 481 g/mol. The maximum atomic E-state index is 14.9. The molecule has 0 radical (unpaired) electrons. The molecular formula is C31H28FNO3. The highest BCUT2D eigenvalue weighted by Gasteiger charge is 2.56. The average molecular weight is 482 g/mol. The second-order valence-electron chi connectivity index (χ2n) is 9.41. The summed E-state index contributed by atoms with van der Waals surface area (Å²) >= 11 is 0. The Bertz CT molecular complexity index is 1200. The molecule has 0 amide bonds. The van der Waals surface area contributed by atoms with Crippen molar-refractivity contribution in [2.75, 3.05) is 19.8 Å². The van der Waals surface area contributed by atoms with Crippen molar-refractivity contribution in [3.05, 3.63) is 143 Å². The van der Waals surface area contributed by atoms with Crippen LogP contribution in [0.15, 0.2) is 115 Å². The van der Waals surface area contributed by atoms with Gasteiger partial charge in [0.15, 0.2) is 0 Å². The second-order valence-corrected chi connectivity index (χ2v) is 9.41. The van der Waals surface area contributed by atoms with Crippen molar-refractivity contribution in [2.45, 2.75) is 17.2 Å². The van der Waals surface area contributed by atoms with E-state index in [-0.39, 0.29) is 17.8 Å². The number of hydroxylamine groups is 1. The Morgan fingerprint density at radius 3 is 1.86 bits per heavy atom. The molecule has 182 valence electrons. The molecular weight excluding hydrogens is 453 g/mol. The van der Waals surface area contributed by atoms with E-state index >= 15 is 0 Å². The Kier molecular flexibility index (Phi) is 6.15. The minimum atomic E-state index is -0.844. The Labute approximate surface area is 210 Å². The van der Waals surface area contributed by atoms with E-state index in [4.69, 9.17) is 14.3 Å². The molecule has 0 bridgehead atoms. The third-order valence-electron chi connectivity index (χ3n) is 7.48. The van der Waals surface area contributed by atoms with Crippen LogP contribution in [0.2, 0.25) is 0 Å². The van der Waals surface area contributed by atoms with E-state index in [9.17, 15) is 4.39 Å². The quantitative estimate of drug-likeness (QED) is 0.350. The smallest absolute Gasteiger partial charge is 0.143 e. The summed E-state index contributed by atoms with van der Waals surface area (Å²) < 4.78 is 28.1. The number of benzene rings is 4. The van der Waals surface area contributed by atoms with Gasteiger partial charge in [-0.2, -0.15) is 5.48 Å². The first-order valence-electron chi connectivity index (χ1n) is 12.3. The number of rotatable bonds is 7. The zero-order valence-electron chi connectivity index (χ0n) is 19.8. The lowest BCUT2D eigenvalue weighted by Gasteiger charge is -2.37. The van der Waals surface area contributed by atoms with Crippen LogP contribution in [0.25, 0.3) is 0 Å². The molecule has 0 aromatic heterocycles. The van der Waals surface area contributed by atoms with Gasteiger partial charge in [-0.3, -0.25) is 0 Å². The van der Waals surface area contributed by atoms with Gasteiger partial charge in [0.25, 0.3) is 0 Å². The first kappa shape index (κ1) is 23.1. The molecule has 2 saturated heterocycles. The van der Waals surface area contributed by atoms with Gasteiger partial charge < -0.3 is 14.3 Å². The molecule has 2 aliphatic rings. The topological polar surface area (TPSA) is 39.7 Å². The Morgan fingerprint density at radius 2 is 1.31 bits per heavy atom. The zero-order valence-corrected chi connectivity index (χ0v) is 19.8. The van der Waals surface area contributed by atoms with E-state index in [1.165, 1.54) is 6.07 Å². The first-order chi connectivity index (χ1) is 17.7. The lowest BCUT2D eigenvalue weighted by Crippen LogP contribution is -2.44. The summed E-state index contributed by atoms with van der Waals surface area (Å²) in [6.45, 7) is 1.03. The van der Waals surface area contributed by atoms with Gasteiger partial charge in [-0.05, 0) is 22.8 Å². The molecule has 3 atom stereocenters. The highest BCUT2D eigenvalue weighted by Crippen LogP contribution is 2.46. The van der Waals surface area contributed by atoms with Crippen LogP contribution in [0.1, 0.15) is 22.3 Å². The largest absolute Gasteiger partial charge is 0.373 e. The van der Waals surface area contributed by atoms with Crippen molar-refractivity contribution in [3.8, 4) is 0 Å².